The van der Waals surface area contributed by atoms with Gasteiger partial charge in [-0.3, -0.25) is 0 Å². The van der Waals surface area contributed by atoms with Crippen LogP contribution < -0.4 is 4.74 Å². The Balaban J connectivity index is 1.60. The zero-order valence-electron chi connectivity index (χ0n) is 16.5. The second-order valence-corrected chi connectivity index (χ2v) is 7.49. The summed E-state index contributed by atoms with van der Waals surface area (Å²) in [7, 11) is 0. The SMILES string of the molecule is CCCCc1ccc(OC(=O)c2ccc(C3=CCC(CC)CC3)cc2)cc1. The van der Waals surface area contributed by atoms with Gasteiger partial charge in [-0.05, 0) is 79.0 Å². The van der Waals surface area contributed by atoms with Crippen LogP contribution in [0.5, 0.6) is 5.75 Å². The molecule has 2 heteroatoms. The van der Waals surface area contributed by atoms with Crippen LogP contribution in [0, 0.1) is 5.92 Å². The minimum atomic E-state index is -0.300. The van der Waals surface area contributed by atoms with Crippen molar-refractivity contribution >= 4 is 11.5 Å². The lowest BCUT2D eigenvalue weighted by molar-refractivity contribution is 0.0734. The number of carbonyl (C=O) groups excluding carboxylic acids is 1. The second kappa shape index (κ2) is 9.55. The molecule has 0 heterocycles. The van der Waals surface area contributed by atoms with Crippen molar-refractivity contribution in [2.75, 3.05) is 0 Å². The molecule has 1 aliphatic rings. The minimum Gasteiger partial charge on any atom is -0.423 e. The number of hydrogen-bond donors (Lipinski definition) is 0. The molecule has 0 bridgehead atoms. The number of esters is 1. The highest BCUT2D eigenvalue weighted by Gasteiger charge is 2.15. The number of unbranched alkanes of at least 4 members (excludes halogenated alkanes) is 1. The fourth-order valence-corrected chi connectivity index (χ4v) is 3.61. The Hall–Kier alpha value is -2.35. The molecule has 0 N–H and O–H groups in total. The fraction of sp³-hybridized carbons (Fsp3) is 0.400. The van der Waals surface area contributed by atoms with Gasteiger partial charge in [-0.2, -0.15) is 0 Å². The Labute approximate surface area is 163 Å². The van der Waals surface area contributed by atoms with E-state index in [9.17, 15) is 4.79 Å². The van der Waals surface area contributed by atoms with Crippen LogP contribution in [0.25, 0.3) is 5.57 Å². The van der Waals surface area contributed by atoms with Gasteiger partial charge in [0.25, 0.3) is 0 Å². The standard InChI is InChI=1S/C25H30O2/c1-3-5-6-20-9-17-24(18-10-20)27-25(26)23-15-13-22(14-16-23)21-11-7-19(4-2)8-12-21/h9-11,13-19H,3-8,12H2,1-2H3. The highest BCUT2D eigenvalue weighted by Crippen LogP contribution is 2.31. The van der Waals surface area contributed by atoms with Gasteiger partial charge in [0.05, 0.1) is 5.56 Å². The first-order valence-corrected chi connectivity index (χ1v) is 10.3. The Morgan fingerprint density at radius 2 is 1.78 bits per heavy atom. The quantitative estimate of drug-likeness (QED) is 0.398. The van der Waals surface area contributed by atoms with Crippen LogP contribution in [-0.4, -0.2) is 5.97 Å². The van der Waals surface area contributed by atoms with Crippen LogP contribution in [0.2, 0.25) is 0 Å². The number of carbonyl (C=O) groups is 1. The van der Waals surface area contributed by atoms with Crippen molar-refractivity contribution in [2.45, 2.75) is 58.8 Å². The largest absolute Gasteiger partial charge is 0.423 e. The molecule has 27 heavy (non-hydrogen) atoms. The van der Waals surface area contributed by atoms with Crippen molar-refractivity contribution in [3.8, 4) is 5.75 Å². The van der Waals surface area contributed by atoms with E-state index in [1.54, 1.807) is 0 Å². The van der Waals surface area contributed by atoms with Gasteiger partial charge >= 0.3 is 5.97 Å². The molecule has 0 saturated heterocycles. The third-order valence-corrected chi connectivity index (χ3v) is 5.54. The predicted octanol–water partition coefficient (Wildman–Crippen LogP) is 6.84. The summed E-state index contributed by atoms with van der Waals surface area (Å²) < 4.78 is 5.52. The molecule has 1 atom stereocenters. The van der Waals surface area contributed by atoms with E-state index in [2.05, 4.69) is 19.9 Å². The monoisotopic (exact) mass is 362 g/mol. The maximum atomic E-state index is 12.4. The molecule has 2 aromatic carbocycles. The first-order chi connectivity index (χ1) is 13.2. The van der Waals surface area contributed by atoms with E-state index in [-0.39, 0.29) is 5.97 Å². The average molecular weight is 363 g/mol. The molecule has 1 aliphatic carbocycles. The Morgan fingerprint density at radius 1 is 1.04 bits per heavy atom. The minimum absolute atomic E-state index is 0.300. The summed E-state index contributed by atoms with van der Waals surface area (Å²) in [6.45, 7) is 4.46. The lowest BCUT2D eigenvalue weighted by atomic mass is 9.85. The summed E-state index contributed by atoms with van der Waals surface area (Å²) in [4.78, 5) is 12.4. The molecular formula is C25H30O2. The number of rotatable bonds is 7. The van der Waals surface area contributed by atoms with Crippen LogP contribution in [0.4, 0.5) is 0 Å². The molecule has 0 saturated carbocycles. The molecule has 0 fully saturated rings. The number of aryl methyl sites for hydroxylation is 1. The summed E-state index contributed by atoms with van der Waals surface area (Å²) >= 11 is 0. The Morgan fingerprint density at radius 3 is 2.37 bits per heavy atom. The predicted molar refractivity (Wildman–Crippen MR) is 112 cm³/mol. The van der Waals surface area contributed by atoms with Crippen molar-refractivity contribution in [1.82, 2.24) is 0 Å². The molecule has 2 aromatic rings. The van der Waals surface area contributed by atoms with Gasteiger partial charge in [0.1, 0.15) is 5.75 Å². The van der Waals surface area contributed by atoms with Crippen molar-refractivity contribution < 1.29 is 9.53 Å². The van der Waals surface area contributed by atoms with E-state index in [0.717, 1.165) is 18.8 Å². The van der Waals surface area contributed by atoms with E-state index >= 15 is 0 Å². The molecule has 3 rings (SSSR count). The van der Waals surface area contributed by atoms with Crippen molar-refractivity contribution in [3.05, 3.63) is 71.3 Å². The summed E-state index contributed by atoms with van der Waals surface area (Å²) in [5.74, 6) is 1.13. The highest BCUT2D eigenvalue weighted by molar-refractivity contribution is 5.91. The molecular weight excluding hydrogens is 332 g/mol. The smallest absolute Gasteiger partial charge is 0.343 e. The molecule has 0 aromatic heterocycles. The van der Waals surface area contributed by atoms with Gasteiger partial charge in [-0.25, -0.2) is 4.79 Å². The Bertz CT molecular complexity index is 769. The van der Waals surface area contributed by atoms with Crippen molar-refractivity contribution in [1.29, 1.82) is 0 Å². The van der Waals surface area contributed by atoms with Crippen LogP contribution in [0.1, 0.15) is 73.9 Å². The molecule has 0 aliphatic heterocycles. The fourth-order valence-electron chi connectivity index (χ4n) is 3.61. The number of benzene rings is 2. The molecule has 1 unspecified atom stereocenters. The average Bonchev–Trinajstić information content (AvgIpc) is 2.73. The van der Waals surface area contributed by atoms with Gasteiger partial charge in [-0.1, -0.05) is 57.0 Å². The second-order valence-electron chi connectivity index (χ2n) is 7.49. The van der Waals surface area contributed by atoms with E-state index in [4.69, 9.17) is 4.74 Å². The topological polar surface area (TPSA) is 26.3 Å². The summed E-state index contributed by atoms with van der Waals surface area (Å²) in [5.41, 5.74) is 4.51. The van der Waals surface area contributed by atoms with E-state index in [0.29, 0.717) is 11.3 Å². The zero-order valence-corrected chi connectivity index (χ0v) is 16.5. The number of ether oxygens (including phenoxy) is 1. The maximum Gasteiger partial charge on any atom is 0.343 e. The maximum absolute atomic E-state index is 12.4. The summed E-state index contributed by atoms with van der Waals surface area (Å²) in [5, 5.41) is 0. The number of allylic oxidation sites excluding steroid dienone is 2. The van der Waals surface area contributed by atoms with Gasteiger partial charge in [0.15, 0.2) is 0 Å². The molecule has 2 nitrogen and oxygen atoms in total. The van der Waals surface area contributed by atoms with E-state index < -0.39 is 0 Å². The molecule has 142 valence electrons. The third-order valence-electron chi connectivity index (χ3n) is 5.54. The normalized spacial score (nSPS) is 16.7. The molecule has 0 amide bonds. The van der Waals surface area contributed by atoms with E-state index in [1.807, 2.05) is 48.5 Å². The van der Waals surface area contributed by atoms with Crippen LogP contribution in [0.3, 0.4) is 0 Å². The third kappa shape index (κ3) is 5.32. The molecule has 0 radical (unpaired) electrons. The molecule has 0 spiro atoms. The number of hydrogen-bond acceptors (Lipinski definition) is 2. The Kier molecular flexibility index (Phi) is 6.86. The van der Waals surface area contributed by atoms with Crippen molar-refractivity contribution in [2.24, 2.45) is 5.92 Å². The van der Waals surface area contributed by atoms with Crippen molar-refractivity contribution in [3.63, 3.8) is 0 Å². The van der Waals surface area contributed by atoms with Crippen LogP contribution >= 0.6 is 0 Å². The van der Waals surface area contributed by atoms with Gasteiger partial charge in [0.2, 0.25) is 0 Å². The van der Waals surface area contributed by atoms with E-state index in [1.165, 1.54) is 48.8 Å². The first kappa shape index (κ1) is 19.4. The summed E-state index contributed by atoms with van der Waals surface area (Å²) in [6, 6.07) is 15.7. The van der Waals surface area contributed by atoms with Gasteiger partial charge in [-0.15, -0.1) is 0 Å². The van der Waals surface area contributed by atoms with Crippen LogP contribution in [0.15, 0.2) is 54.6 Å². The highest BCUT2D eigenvalue weighted by atomic mass is 16.5. The lowest BCUT2D eigenvalue weighted by Crippen LogP contribution is -2.09. The first-order valence-electron chi connectivity index (χ1n) is 10.3. The van der Waals surface area contributed by atoms with Gasteiger partial charge in [0, 0.05) is 0 Å². The van der Waals surface area contributed by atoms with Gasteiger partial charge < -0.3 is 4.74 Å². The van der Waals surface area contributed by atoms with Crippen LogP contribution in [-0.2, 0) is 6.42 Å². The zero-order chi connectivity index (χ0) is 19.1. The summed E-state index contributed by atoms with van der Waals surface area (Å²) in [6.07, 6.45) is 10.6. The lowest BCUT2D eigenvalue weighted by Gasteiger charge is -2.20.